The molecular weight excluding hydrogens is 479 g/mol. The van der Waals surface area contributed by atoms with Gasteiger partial charge in [0.25, 0.3) is 0 Å². The summed E-state index contributed by atoms with van der Waals surface area (Å²) < 4.78 is 22.1. The van der Waals surface area contributed by atoms with Gasteiger partial charge >= 0.3 is 5.97 Å². The van der Waals surface area contributed by atoms with Gasteiger partial charge in [-0.25, -0.2) is 4.79 Å². The molecule has 0 fully saturated rings. The van der Waals surface area contributed by atoms with Crippen LogP contribution in [0.15, 0.2) is 69.9 Å². The molecule has 34 heavy (non-hydrogen) atoms. The van der Waals surface area contributed by atoms with Crippen LogP contribution in [0.5, 0.6) is 11.5 Å². The van der Waals surface area contributed by atoms with Crippen molar-refractivity contribution in [2.45, 2.75) is 13.5 Å². The Morgan fingerprint density at radius 3 is 2.35 bits per heavy atom. The van der Waals surface area contributed by atoms with E-state index in [4.69, 9.17) is 41.8 Å². The molecule has 0 spiro atoms. The Hall–Kier alpha value is -3.48. The zero-order chi connectivity index (χ0) is 24.2. The smallest absolute Gasteiger partial charge is 0.375 e. The van der Waals surface area contributed by atoms with E-state index in [0.29, 0.717) is 32.5 Å². The predicted octanol–water partition coefficient (Wildman–Crippen LogP) is 6.53. The number of hydrogen-bond acceptors (Lipinski definition) is 6. The van der Waals surface area contributed by atoms with E-state index in [9.17, 15) is 9.59 Å². The lowest BCUT2D eigenvalue weighted by Crippen LogP contribution is -2.15. The molecule has 0 bridgehead atoms. The molecule has 0 saturated carbocycles. The van der Waals surface area contributed by atoms with Crippen molar-refractivity contribution >= 4 is 40.1 Å². The number of rotatable bonds is 7. The van der Waals surface area contributed by atoms with Gasteiger partial charge in [-0.2, -0.15) is 0 Å². The summed E-state index contributed by atoms with van der Waals surface area (Å²) in [6, 6.07) is 16.8. The van der Waals surface area contributed by atoms with E-state index in [1.54, 1.807) is 74.7 Å². The molecule has 0 amide bonds. The van der Waals surface area contributed by atoms with E-state index < -0.39 is 5.97 Å². The summed E-state index contributed by atoms with van der Waals surface area (Å²) >= 11 is 12.0. The van der Waals surface area contributed by atoms with E-state index in [1.165, 1.54) is 0 Å². The minimum Gasteiger partial charge on any atom is -0.497 e. The first kappa shape index (κ1) is 23.7. The van der Waals surface area contributed by atoms with Crippen molar-refractivity contribution in [1.29, 1.82) is 0 Å². The van der Waals surface area contributed by atoms with Crippen LogP contribution in [-0.2, 0) is 11.3 Å². The van der Waals surface area contributed by atoms with E-state index >= 15 is 0 Å². The maximum Gasteiger partial charge on any atom is 0.375 e. The zero-order valence-corrected chi connectivity index (χ0v) is 19.9. The van der Waals surface area contributed by atoms with E-state index in [0.717, 1.165) is 5.56 Å². The lowest BCUT2D eigenvalue weighted by Gasteiger charge is -2.12. The topological polar surface area (TPSA) is 75.0 Å². The second-order valence-corrected chi connectivity index (χ2v) is 8.09. The molecule has 1 aromatic heterocycles. The highest BCUT2D eigenvalue weighted by Gasteiger charge is 2.23. The Morgan fingerprint density at radius 2 is 1.68 bits per heavy atom. The fraction of sp³-hybridized carbons (Fsp3) is 0.154. The molecule has 3 aromatic carbocycles. The van der Waals surface area contributed by atoms with Crippen LogP contribution < -0.4 is 14.9 Å². The normalized spacial score (nSPS) is 10.8. The maximum atomic E-state index is 13.4. The van der Waals surface area contributed by atoms with Crippen LogP contribution in [0, 0.1) is 0 Å². The van der Waals surface area contributed by atoms with Crippen molar-refractivity contribution < 1.29 is 23.4 Å². The lowest BCUT2D eigenvalue weighted by molar-refractivity contribution is 0.0492. The summed E-state index contributed by atoms with van der Waals surface area (Å²) in [7, 11) is 1.55. The number of fused-ring (bicyclic) bond motifs is 1. The number of methoxy groups -OCH3 is 1. The minimum atomic E-state index is -0.727. The van der Waals surface area contributed by atoms with Gasteiger partial charge in [-0.3, -0.25) is 4.79 Å². The first-order chi connectivity index (χ1) is 16.4. The molecule has 174 valence electrons. The maximum absolute atomic E-state index is 13.4. The fourth-order valence-electron chi connectivity index (χ4n) is 3.42. The van der Waals surface area contributed by atoms with Crippen LogP contribution in [0.1, 0.15) is 23.0 Å². The van der Waals surface area contributed by atoms with Crippen molar-refractivity contribution in [3.63, 3.8) is 0 Å². The molecule has 0 saturated heterocycles. The molecule has 0 N–H and O–H groups in total. The van der Waals surface area contributed by atoms with Crippen LogP contribution in [0.3, 0.4) is 0 Å². The van der Waals surface area contributed by atoms with Crippen molar-refractivity contribution in [2.75, 3.05) is 13.7 Å². The molecule has 0 atom stereocenters. The third kappa shape index (κ3) is 4.88. The van der Waals surface area contributed by atoms with Gasteiger partial charge in [0, 0.05) is 6.07 Å². The molecule has 0 unspecified atom stereocenters. The quantitative estimate of drug-likeness (QED) is 0.269. The van der Waals surface area contributed by atoms with Crippen LogP contribution >= 0.6 is 23.2 Å². The first-order valence-corrected chi connectivity index (χ1v) is 11.2. The van der Waals surface area contributed by atoms with E-state index in [2.05, 4.69) is 0 Å². The Kier molecular flexibility index (Phi) is 7.10. The van der Waals surface area contributed by atoms with Gasteiger partial charge in [-0.05, 0) is 54.4 Å². The molecule has 0 radical (unpaired) electrons. The third-order valence-corrected chi connectivity index (χ3v) is 5.83. The van der Waals surface area contributed by atoms with Gasteiger partial charge in [0.2, 0.25) is 11.2 Å². The number of benzene rings is 3. The van der Waals surface area contributed by atoms with Crippen LogP contribution in [0.25, 0.3) is 22.1 Å². The lowest BCUT2D eigenvalue weighted by atomic mass is 10.0. The highest BCUT2D eigenvalue weighted by atomic mass is 35.5. The van der Waals surface area contributed by atoms with Crippen molar-refractivity contribution in [3.05, 3.63) is 92.3 Å². The van der Waals surface area contributed by atoms with Gasteiger partial charge in [0.15, 0.2) is 0 Å². The summed E-state index contributed by atoms with van der Waals surface area (Å²) in [5, 5.41) is 1.19. The Balaban J connectivity index is 1.75. The summed E-state index contributed by atoms with van der Waals surface area (Å²) in [4.78, 5) is 26.1. The standard InChI is InChI=1S/C26H20Cl2O6/c1-3-32-26(30)25-23(16-5-7-17(31-2)8-6-16)24(29)19-10-9-18(13-22(19)34-25)33-14-15-4-11-20(27)21(28)12-15/h4-13H,3,14H2,1-2H3. The fourth-order valence-corrected chi connectivity index (χ4v) is 3.74. The van der Waals surface area contributed by atoms with Crippen molar-refractivity contribution in [3.8, 4) is 22.6 Å². The monoisotopic (exact) mass is 498 g/mol. The SMILES string of the molecule is CCOC(=O)c1oc2cc(OCc3ccc(Cl)c(Cl)c3)ccc2c(=O)c1-c1ccc(OC)cc1. The summed E-state index contributed by atoms with van der Waals surface area (Å²) in [5.41, 5.74) is 1.30. The average Bonchev–Trinajstić information content (AvgIpc) is 2.84. The zero-order valence-electron chi connectivity index (χ0n) is 18.4. The van der Waals surface area contributed by atoms with Crippen LogP contribution in [-0.4, -0.2) is 19.7 Å². The van der Waals surface area contributed by atoms with E-state index in [1.807, 2.05) is 0 Å². The largest absolute Gasteiger partial charge is 0.497 e. The highest BCUT2D eigenvalue weighted by Crippen LogP contribution is 2.29. The summed E-state index contributed by atoms with van der Waals surface area (Å²) in [6.45, 7) is 2.04. The van der Waals surface area contributed by atoms with Crippen molar-refractivity contribution in [1.82, 2.24) is 0 Å². The number of halogens is 2. The minimum absolute atomic E-state index is 0.123. The number of carbonyl (C=O) groups is 1. The predicted molar refractivity (Wildman–Crippen MR) is 131 cm³/mol. The molecule has 4 rings (SSSR count). The second kappa shape index (κ2) is 10.2. The highest BCUT2D eigenvalue weighted by molar-refractivity contribution is 6.42. The van der Waals surface area contributed by atoms with Gasteiger partial charge in [-0.15, -0.1) is 0 Å². The summed E-state index contributed by atoms with van der Waals surface area (Å²) in [5.74, 6) is 0.171. The Morgan fingerprint density at radius 1 is 0.941 bits per heavy atom. The number of ether oxygens (including phenoxy) is 3. The molecule has 0 aliphatic carbocycles. The van der Waals surface area contributed by atoms with Gasteiger partial charge < -0.3 is 18.6 Å². The Bertz CT molecular complexity index is 1410. The Labute approximate surface area is 205 Å². The van der Waals surface area contributed by atoms with Gasteiger partial charge in [-0.1, -0.05) is 41.4 Å². The average molecular weight is 499 g/mol. The second-order valence-electron chi connectivity index (χ2n) is 7.28. The van der Waals surface area contributed by atoms with Crippen LogP contribution in [0.4, 0.5) is 0 Å². The molecule has 6 nitrogen and oxygen atoms in total. The molecule has 0 aliphatic rings. The third-order valence-electron chi connectivity index (χ3n) is 5.09. The van der Waals surface area contributed by atoms with E-state index in [-0.39, 0.29) is 35.5 Å². The van der Waals surface area contributed by atoms with Crippen molar-refractivity contribution in [2.24, 2.45) is 0 Å². The number of hydrogen-bond donors (Lipinski definition) is 0. The number of carbonyl (C=O) groups excluding carboxylic acids is 1. The van der Waals surface area contributed by atoms with Gasteiger partial charge in [0.1, 0.15) is 23.7 Å². The molecule has 4 aromatic rings. The molecule has 1 heterocycles. The summed E-state index contributed by atoms with van der Waals surface area (Å²) in [6.07, 6.45) is 0. The number of esters is 1. The molecule has 8 heteroatoms. The van der Waals surface area contributed by atoms with Gasteiger partial charge in [0.05, 0.1) is 34.7 Å². The first-order valence-electron chi connectivity index (χ1n) is 10.4. The van der Waals surface area contributed by atoms with Crippen LogP contribution in [0.2, 0.25) is 10.0 Å². The molecule has 0 aliphatic heterocycles. The molecular formula is C26H20Cl2O6.